The molecular formula is C25H23F3N2OS. The number of alkyl halides is 3. The van der Waals surface area contributed by atoms with E-state index in [2.05, 4.69) is 19.9 Å². The summed E-state index contributed by atoms with van der Waals surface area (Å²) in [6.45, 7) is 4.13. The number of ether oxygens (including phenoxy) is 1. The normalized spacial score (nSPS) is 12.0. The predicted octanol–water partition coefficient (Wildman–Crippen LogP) is 7.47. The lowest BCUT2D eigenvalue weighted by Crippen LogP contribution is -2.05. The van der Waals surface area contributed by atoms with E-state index in [1.165, 1.54) is 17.7 Å². The molecule has 3 aromatic carbocycles. The molecule has 3 nitrogen and oxygen atoms in total. The number of fused-ring (bicyclic) bond motifs is 1. The first-order valence-corrected chi connectivity index (χ1v) is 11.2. The van der Waals surface area contributed by atoms with Crippen molar-refractivity contribution in [1.82, 2.24) is 9.78 Å². The minimum absolute atomic E-state index is 0.176. The number of nitrogens with zero attached hydrogens (tertiary/aromatic N) is 2. The Morgan fingerprint density at radius 3 is 2.25 bits per heavy atom. The van der Waals surface area contributed by atoms with Crippen molar-refractivity contribution in [2.24, 2.45) is 0 Å². The van der Waals surface area contributed by atoms with E-state index in [-0.39, 0.29) is 5.92 Å². The number of halogens is 3. The summed E-state index contributed by atoms with van der Waals surface area (Å²) in [5, 5.41) is 5.76. The fourth-order valence-electron chi connectivity index (χ4n) is 3.51. The van der Waals surface area contributed by atoms with Gasteiger partial charge in [0.15, 0.2) is 0 Å². The summed E-state index contributed by atoms with van der Waals surface area (Å²) in [4.78, 5) is 1.11. The van der Waals surface area contributed by atoms with Crippen LogP contribution in [0.25, 0.3) is 16.6 Å². The molecule has 0 N–H and O–H groups in total. The van der Waals surface area contributed by atoms with Gasteiger partial charge in [0.05, 0.1) is 29.6 Å². The van der Waals surface area contributed by atoms with Crippen LogP contribution < -0.4 is 4.74 Å². The van der Waals surface area contributed by atoms with Crippen LogP contribution >= 0.6 is 11.8 Å². The van der Waals surface area contributed by atoms with Crippen LogP contribution in [0, 0.1) is 0 Å². The molecule has 0 unspecified atom stereocenters. The molecule has 0 aliphatic heterocycles. The lowest BCUT2D eigenvalue weighted by Gasteiger charge is -2.09. The summed E-state index contributed by atoms with van der Waals surface area (Å²) < 4.78 is 45.7. The minimum atomic E-state index is -4.36. The second-order valence-electron chi connectivity index (χ2n) is 7.81. The second-order valence-corrected chi connectivity index (χ2v) is 8.86. The standard InChI is InChI=1S/C25H23F3N2OS/c1-16(2)24-22-14-21(32-15-17-4-10-20(31-3)11-5-17)12-13-23(22)30(29-24)19-8-6-18(7-9-19)25(26,27)28/h4-14,16H,15H2,1-3H3. The Morgan fingerprint density at radius 2 is 1.66 bits per heavy atom. The minimum Gasteiger partial charge on any atom is -0.497 e. The summed E-state index contributed by atoms with van der Waals surface area (Å²) in [6, 6.07) is 19.2. The van der Waals surface area contributed by atoms with Crippen LogP contribution in [0.1, 0.15) is 36.6 Å². The molecule has 4 aromatic rings. The Kier molecular flexibility index (Phi) is 6.20. The van der Waals surface area contributed by atoms with E-state index in [1.807, 2.05) is 36.4 Å². The van der Waals surface area contributed by atoms with Crippen molar-refractivity contribution in [3.8, 4) is 11.4 Å². The van der Waals surface area contributed by atoms with Crippen molar-refractivity contribution in [1.29, 1.82) is 0 Å². The summed E-state index contributed by atoms with van der Waals surface area (Å²) in [5.74, 6) is 1.83. The third-order valence-corrected chi connectivity index (χ3v) is 6.30. The van der Waals surface area contributed by atoms with Crippen LogP contribution in [0.5, 0.6) is 5.75 Å². The highest BCUT2D eigenvalue weighted by Crippen LogP contribution is 2.34. The van der Waals surface area contributed by atoms with Gasteiger partial charge in [-0.15, -0.1) is 11.8 Å². The quantitative estimate of drug-likeness (QED) is 0.282. The van der Waals surface area contributed by atoms with Crippen molar-refractivity contribution in [2.75, 3.05) is 7.11 Å². The van der Waals surface area contributed by atoms with E-state index in [9.17, 15) is 13.2 Å². The van der Waals surface area contributed by atoms with Gasteiger partial charge in [0.2, 0.25) is 0 Å². The molecule has 7 heteroatoms. The molecule has 0 bridgehead atoms. The maximum absolute atomic E-state index is 12.9. The highest BCUT2D eigenvalue weighted by atomic mass is 32.2. The Labute approximate surface area is 189 Å². The Hall–Kier alpha value is -2.93. The zero-order valence-electron chi connectivity index (χ0n) is 18.0. The molecule has 4 rings (SSSR count). The summed E-state index contributed by atoms with van der Waals surface area (Å²) >= 11 is 1.73. The maximum Gasteiger partial charge on any atom is 0.416 e. The van der Waals surface area contributed by atoms with E-state index in [1.54, 1.807) is 23.6 Å². The zero-order valence-corrected chi connectivity index (χ0v) is 18.8. The van der Waals surface area contributed by atoms with Crippen molar-refractivity contribution in [2.45, 2.75) is 36.6 Å². The third kappa shape index (κ3) is 4.63. The molecule has 0 atom stereocenters. The van der Waals surface area contributed by atoms with E-state index in [4.69, 9.17) is 9.84 Å². The van der Waals surface area contributed by atoms with Crippen molar-refractivity contribution in [3.05, 3.63) is 83.6 Å². The van der Waals surface area contributed by atoms with E-state index in [0.29, 0.717) is 5.69 Å². The highest BCUT2D eigenvalue weighted by Gasteiger charge is 2.30. The number of thioether (sulfide) groups is 1. The fourth-order valence-corrected chi connectivity index (χ4v) is 4.40. The lowest BCUT2D eigenvalue weighted by atomic mass is 10.1. The average Bonchev–Trinajstić information content (AvgIpc) is 3.17. The van der Waals surface area contributed by atoms with Crippen LogP contribution in [-0.4, -0.2) is 16.9 Å². The molecule has 0 aliphatic rings. The number of hydrogen-bond donors (Lipinski definition) is 0. The van der Waals surface area contributed by atoms with Crippen LogP contribution in [0.15, 0.2) is 71.6 Å². The third-order valence-electron chi connectivity index (χ3n) is 5.23. The first-order chi connectivity index (χ1) is 15.3. The van der Waals surface area contributed by atoms with E-state index >= 15 is 0 Å². The Bertz CT molecular complexity index is 1210. The zero-order chi connectivity index (χ0) is 22.9. The fraction of sp³-hybridized carbons (Fsp3) is 0.240. The molecule has 0 fully saturated rings. The van der Waals surface area contributed by atoms with Gasteiger partial charge in [-0.25, -0.2) is 4.68 Å². The molecule has 0 radical (unpaired) electrons. The number of benzene rings is 3. The van der Waals surface area contributed by atoms with Crippen LogP contribution in [0.2, 0.25) is 0 Å². The monoisotopic (exact) mass is 456 g/mol. The van der Waals surface area contributed by atoms with Gasteiger partial charge in [-0.2, -0.15) is 18.3 Å². The molecular weight excluding hydrogens is 433 g/mol. The van der Waals surface area contributed by atoms with Gasteiger partial charge < -0.3 is 4.74 Å². The average molecular weight is 457 g/mol. The lowest BCUT2D eigenvalue weighted by molar-refractivity contribution is -0.137. The van der Waals surface area contributed by atoms with Gasteiger partial charge in [0.25, 0.3) is 0 Å². The molecule has 0 spiro atoms. The molecule has 0 aliphatic carbocycles. The SMILES string of the molecule is COc1ccc(CSc2ccc3c(c2)c(C(C)C)nn3-c2ccc(C(F)(F)F)cc2)cc1. The molecule has 0 saturated heterocycles. The first kappa shape index (κ1) is 22.3. The van der Waals surface area contributed by atoms with Gasteiger partial charge in [0.1, 0.15) is 5.75 Å². The van der Waals surface area contributed by atoms with Gasteiger partial charge in [-0.3, -0.25) is 0 Å². The van der Waals surface area contributed by atoms with Gasteiger partial charge in [-0.05, 0) is 66.1 Å². The molecule has 1 aromatic heterocycles. The molecule has 166 valence electrons. The van der Waals surface area contributed by atoms with Crippen LogP contribution in [0.4, 0.5) is 13.2 Å². The van der Waals surface area contributed by atoms with Crippen LogP contribution in [0.3, 0.4) is 0 Å². The van der Waals surface area contributed by atoms with Crippen LogP contribution in [-0.2, 0) is 11.9 Å². The first-order valence-electron chi connectivity index (χ1n) is 10.2. The molecule has 32 heavy (non-hydrogen) atoms. The summed E-state index contributed by atoms with van der Waals surface area (Å²) in [5.41, 5.74) is 2.93. The smallest absolute Gasteiger partial charge is 0.416 e. The van der Waals surface area contributed by atoms with E-state index in [0.717, 1.165) is 45.1 Å². The number of hydrogen-bond acceptors (Lipinski definition) is 3. The van der Waals surface area contributed by atoms with Gasteiger partial charge >= 0.3 is 6.18 Å². The number of aromatic nitrogens is 2. The molecule has 0 amide bonds. The topological polar surface area (TPSA) is 27.1 Å². The second kappa shape index (κ2) is 8.90. The molecule has 1 heterocycles. The van der Waals surface area contributed by atoms with Crippen molar-refractivity contribution < 1.29 is 17.9 Å². The molecule has 0 saturated carbocycles. The Morgan fingerprint density at radius 1 is 0.969 bits per heavy atom. The number of rotatable bonds is 6. The van der Waals surface area contributed by atoms with E-state index < -0.39 is 11.7 Å². The predicted molar refractivity (Wildman–Crippen MR) is 123 cm³/mol. The summed E-state index contributed by atoms with van der Waals surface area (Å²) in [6.07, 6.45) is -4.36. The van der Waals surface area contributed by atoms with Crippen molar-refractivity contribution >= 4 is 22.7 Å². The number of methoxy groups -OCH3 is 1. The Balaban J connectivity index is 1.64. The largest absolute Gasteiger partial charge is 0.497 e. The summed E-state index contributed by atoms with van der Waals surface area (Å²) in [7, 11) is 1.65. The highest BCUT2D eigenvalue weighted by molar-refractivity contribution is 7.98. The van der Waals surface area contributed by atoms with Crippen molar-refractivity contribution in [3.63, 3.8) is 0 Å². The maximum atomic E-state index is 12.9. The van der Waals surface area contributed by atoms with Gasteiger partial charge in [0, 0.05) is 16.0 Å². The van der Waals surface area contributed by atoms with Gasteiger partial charge in [-0.1, -0.05) is 26.0 Å².